The number of fused-ring (bicyclic) bond motifs is 2. The summed E-state index contributed by atoms with van der Waals surface area (Å²) in [5.41, 5.74) is -1.92. The minimum absolute atomic E-state index is 0.155. The van der Waals surface area contributed by atoms with Crippen LogP contribution in [-0.2, 0) is 0 Å². The van der Waals surface area contributed by atoms with E-state index in [-0.39, 0.29) is 24.9 Å². The summed E-state index contributed by atoms with van der Waals surface area (Å²) >= 11 is 0. The Balaban J connectivity index is 1.64. The third-order valence-corrected chi connectivity index (χ3v) is 7.89. The predicted molar refractivity (Wildman–Crippen MR) is 113 cm³/mol. The lowest BCUT2D eigenvalue weighted by molar-refractivity contribution is -0.239. The Kier molecular flexibility index (Phi) is 5.03. The summed E-state index contributed by atoms with van der Waals surface area (Å²) < 4.78 is 11.4. The van der Waals surface area contributed by atoms with Crippen LogP contribution in [0, 0.1) is 22.7 Å². The number of aliphatic hydroxyl groups excluding tert-OH is 2. The van der Waals surface area contributed by atoms with Gasteiger partial charge < -0.3 is 24.5 Å². The summed E-state index contributed by atoms with van der Waals surface area (Å²) in [6.07, 6.45) is 0.389. The van der Waals surface area contributed by atoms with Crippen molar-refractivity contribution in [2.75, 3.05) is 6.61 Å². The molecule has 6 heteroatoms. The molecule has 1 heterocycles. The lowest BCUT2D eigenvalue weighted by atomic mass is 9.44. The topological polar surface area (TPSA) is 100 Å². The highest BCUT2D eigenvalue weighted by Crippen LogP contribution is 2.62. The Bertz CT molecular complexity index is 993. The Labute approximate surface area is 176 Å². The molecule has 1 aromatic heterocycles. The van der Waals surface area contributed by atoms with Crippen molar-refractivity contribution in [3.63, 3.8) is 0 Å². The second-order valence-electron chi connectivity index (χ2n) is 10.3. The Hall–Kier alpha value is -1.89. The highest BCUT2D eigenvalue weighted by Gasteiger charge is 2.63. The van der Waals surface area contributed by atoms with Crippen molar-refractivity contribution >= 4 is 11.0 Å². The number of hydrogen-bond donors (Lipinski definition) is 3. The predicted octanol–water partition coefficient (Wildman–Crippen LogP) is 3.11. The Morgan fingerprint density at radius 3 is 2.57 bits per heavy atom. The molecule has 6 unspecified atom stereocenters. The summed E-state index contributed by atoms with van der Waals surface area (Å²) in [6, 6.07) is 8.44. The van der Waals surface area contributed by atoms with E-state index in [2.05, 4.69) is 6.92 Å². The number of rotatable bonds is 3. The van der Waals surface area contributed by atoms with Gasteiger partial charge in [-0.05, 0) is 54.7 Å². The van der Waals surface area contributed by atoms with Crippen molar-refractivity contribution in [2.24, 2.45) is 22.7 Å². The third kappa shape index (κ3) is 3.35. The van der Waals surface area contributed by atoms with E-state index >= 15 is 0 Å². The first-order chi connectivity index (χ1) is 13.9. The van der Waals surface area contributed by atoms with Crippen LogP contribution in [0.1, 0.15) is 47.0 Å². The molecule has 164 valence electrons. The van der Waals surface area contributed by atoms with E-state index < -0.39 is 34.3 Å². The fourth-order valence-electron chi connectivity index (χ4n) is 6.43. The monoisotopic (exact) mass is 416 g/mol. The molecule has 1 aromatic carbocycles. The van der Waals surface area contributed by atoms with E-state index in [1.807, 2.05) is 26.0 Å². The average molecular weight is 417 g/mol. The fraction of sp³-hybridized carbons (Fsp3) is 0.625. The molecule has 0 aliphatic heterocycles. The standard InChI is InChI=1S/C24H32O6/c1-22(2)19(26)9-10-23(3)18(24(4,28)12-16(25)21(22)23)13-29-15-7-5-14-6-8-20(27)30-17(14)11-15/h5-8,11,16,18-19,21,25-26,28H,9-10,12-13H2,1-4H3. The van der Waals surface area contributed by atoms with Crippen LogP contribution < -0.4 is 10.4 Å². The van der Waals surface area contributed by atoms with Gasteiger partial charge in [0.25, 0.3) is 0 Å². The molecule has 2 saturated carbocycles. The van der Waals surface area contributed by atoms with Crippen molar-refractivity contribution in [1.82, 2.24) is 0 Å². The number of aliphatic hydroxyl groups is 3. The fourth-order valence-corrected chi connectivity index (χ4v) is 6.43. The van der Waals surface area contributed by atoms with E-state index in [0.717, 1.165) is 5.39 Å². The number of ether oxygens (including phenoxy) is 1. The van der Waals surface area contributed by atoms with Gasteiger partial charge >= 0.3 is 5.63 Å². The molecule has 2 aliphatic rings. The molecular formula is C24H32O6. The van der Waals surface area contributed by atoms with Crippen molar-refractivity contribution in [3.05, 3.63) is 40.8 Å². The molecule has 0 bridgehead atoms. The first kappa shape index (κ1) is 21.3. The molecule has 4 rings (SSSR count). The summed E-state index contributed by atoms with van der Waals surface area (Å²) in [6.45, 7) is 8.15. The van der Waals surface area contributed by atoms with Crippen molar-refractivity contribution in [3.8, 4) is 5.75 Å². The second kappa shape index (κ2) is 7.08. The zero-order chi connectivity index (χ0) is 21.9. The molecule has 0 saturated heterocycles. The van der Waals surface area contributed by atoms with Gasteiger partial charge in [-0.1, -0.05) is 20.8 Å². The Morgan fingerprint density at radius 2 is 1.83 bits per heavy atom. The van der Waals surface area contributed by atoms with Crippen LogP contribution >= 0.6 is 0 Å². The van der Waals surface area contributed by atoms with Gasteiger partial charge in [0.2, 0.25) is 0 Å². The molecule has 3 N–H and O–H groups in total. The van der Waals surface area contributed by atoms with Gasteiger partial charge in [0, 0.05) is 29.9 Å². The van der Waals surface area contributed by atoms with E-state index in [1.54, 1.807) is 19.1 Å². The first-order valence-corrected chi connectivity index (χ1v) is 10.7. The largest absolute Gasteiger partial charge is 0.493 e. The van der Waals surface area contributed by atoms with Crippen LogP contribution in [-0.4, -0.2) is 39.7 Å². The highest BCUT2D eigenvalue weighted by molar-refractivity contribution is 5.77. The van der Waals surface area contributed by atoms with Gasteiger partial charge in [-0.3, -0.25) is 0 Å². The summed E-state index contributed by atoms with van der Waals surface area (Å²) in [7, 11) is 0. The van der Waals surface area contributed by atoms with Gasteiger partial charge in [-0.15, -0.1) is 0 Å². The lowest BCUT2D eigenvalue weighted by Crippen LogP contribution is -2.66. The van der Waals surface area contributed by atoms with E-state index in [4.69, 9.17) is 9.15 Å². The summed E-state index contributed by atoms with van der Waals surface area (Å²) in [4.78, 5) is 11.5. The smallest absolute Gasteiger partial charge is 0.336 e. The average Bonchev–Trinajstić information content (AvgIpc) is 2.63. The van der Waals surface area contributed by atoms with Gasteiger partial charge in [0.1, 0.15) is 11.3 Å². The quantitative estimate of drug-likeness (QED) is 0.665. The number of hydrogen-bond acceptors (Lipinski definition) is 6. The Morgan fingerprint density at radius 1 is 1.13 bits per heavy atom. The molecule has 2 aromatic rings. The van der Waals surface area contributed by atoms with Crippen LogP contribution in [0.5, 0.6) is 5.75 Å². The lowest BCUT2D eigenvalue weighted by Gasteiger charge is -2.63. The zero-order valence-corrected chi connectivity index (χ0v) is 18.1. The van der Waals surface area contributed by atoms with Crippen LogP contribution in [0.15, 0.2) is 39.5 Å². The van der Waals surface area contributed by atoms with Crippen LogP contribution in [0.4, 0.5) is 0 Å². The zero-order valence-electron chi connectivity index (χ0n) is 18.1. The van der Waals surface area contributed by atoms with Gasteiger partial charge in [0.05, 0.1) is 24.4 Å². The molecule has 0 spiro atoms. The van der Waals surface area contributed by atoms with Crippen molar-refractivity contribution in [2.45, 2.75) is 64.8 Å². The maximum atomic E-state index is 11.5. The minimum atomic E-state index is -1.10. The van der Waals surface area contributed by atoms with E-state index in [9.17, 15) is 20.1 Å². The maximum Gasteiger partial charge on any atom is 0.336 e. The number of benzene rings is 1. The molecule has 0 radical (unpaired) electrons. The molecule has 0 amide bonds. The molecule has 6 atom stereocenters. The molecule has 6 nitrogen and oxygen atoms in total. The molecule has 30 heavy (non-hydrogen) atoms. The van der Waals surface area contributed by atoms with Gasteiger partial charge in [-0.2, -0.15) is 0 Å². The highest BCUT2D eigenvalue weighted by atomic mass is 16.5. The van der Waals surface area contributed by atoms with Crippen molar-refractivity contribution < 1.29 is 24.5 Å². The molecular weight excluding hydrogens is 384 g/mol. The van der Waals surface area contributed by atoms with Gasteiger partial charge in [0.15, 0.2) is 0 Å². The second-order valence-corrected chi connectivity index (χ2v) is 10.3. The van der Waals surface area contributed by atoms with Crippen LogP contribution in [0.2, 0.25) is 0 Å². The summed E-state index contributed by atoms with van der Waals surface area (Å²) in [5.74, 6) is 0.176. The van der Waals surface area contributed by atoms with Crippen molar-refractivity contribution in [1.29, 1.82) is 0 Å². The van der Waals surface area contributed by atoms with Crippen LogP contribution in [0.3, 0.4) is 0 Å². The maximum absolute atomic E-state index is 11.5. The molecule has 2 aliphatic carbocycles. The van der Waals surface area contributed by atoms with Crippen LogP contribution in [0.25, 0.3) is 11.0 Å². The molecule has 2 fully saturated rings. The van der Waals surface area contributed by atoms with E-state index in [1.165, 1.54) is 6.07 Å². The summed E-state index contributed by atoms with van der Waals surface area (Å²) in [5, 5.41) is 33.6. The van der Waals surface area contributed by atoms with E-state index in [0.29, 0.717) is 24.2 Å². The normalized spacial score (nSPS) is 38.2. The minimum Gasteiger partial charge on any atom is -0.493 e. The third-order valence-electron chi connectivity index (χ3n) is 7.89. The first-order valence-electron chi connectivity index (χ1n) is 10.7. The SMILES string of the molecule is CC1(O)CC(O)C2C(C)(C)C(O)CCC2(C)C1COc1ccc2ccc(=O)oc2c1. The van der Waals surface area contributed by atoms with Gasteiger partial charge in [-0.25, -0.2) is 4.79 Å².